The first kappa shape index (κ1) is 9.45. The predicted octanol–water partition coefficient (Wildman–Crippen LogP) is 0.888. The molecule has 76 valence electrons. The molecule has 0 aliphatic rings. The van der Waals surface area contributed by atoms with E-state index < -0.39 is 0 Å². The summed E-state index contributed by atoms with van der Waals surface area (Å²) in [6, 6.07) is 8.28. The van der Waals surface area contributed by atoms with Crippen LogP contribution in [0.3, 0.4) is 0 Å². The Morgan fingerprint density at radius 3 is 2.80 bits per heavy atom. The van der Waals surface area contributed by atoms with Crippen molar-refractivity contribution >= 4 is 16.8 Å². The Kier molecular flexibility index (Phi) is 2.25. The van der Waals surface area contributed by atoms with Gasteiger partial charge in [-0.15, -0.1) is 0 Å². The van der Waals surface area contributed by atoms with Crippen LogP contribution in [0.2, 0.25) is 0 Å². The topological polar surface area (TPSA) is 62.0 Å². The van der Waals surface area contributed by atoms with Crippen molar-refractivity contribution in [2.75, 3.05) is 7.05 Å². The first-order valence-electron chi connectivity index (χ1n) is 4.56. The van der Waals surface area contributed by atoms with Crippen molar-refractivity contribution in [3.05, 3.63) is 46.2 Å². The number of rotatable bonds is 1. The number of benzene rings is 1. The predicted molar refractivity (Wildman–Crippen MR) is 58.0 cm³/mol. The van der Waals surface area contributed by atoms with Crippen molar-refractivity contribution in [1.82, 2.24) is 10.3 Å². The number of pyridine rings is 1. The second kappa shape index (κ2) is 3.57. The third kappa shape index (κ3) is 1.74. The summed E-state index contributed by atoms with van der Waals surface area (Å²) >= 11 is 0. The quantitative estimate of drug-likeness (QED) is 0.721. The molecule has 4 heteroatoms. The third-order valence-corrected chi connectivity index (χ3v) is 2.21. The summed E-state index contributed by atoms with van der Waals surface area (Å²) in [6.45, 7) is 0. The summed E-state index contributed by atoms with van der Waals surface area (Å²) in [7, 11) is 1.58. The normalized spacial score (nSPS) is 10.2. The number of hydrogen-bond acceptors (Lipinski definition) is 2. The molecule has 1 heterocycles. The Labute approximate surface area is 85.9 Å². The van der Waals surface area contributed by atoms with Gasteiger partial charge in [0.2, 0.25) is 5.56 Å². The zero-order valence-electron chi connectivity index (χ0n) is 8.20. The Morgan fingerprint density at radius 1 is 1.27 bits per heavy atom. The Morgan fingerprint density at radius 2 is 2.07 bits per heavy atom. The SMILES string of the molecule is CNC(=O)c1ccc2[nH]c(=O)ccc2c1. The zero-order chi connectivity index (χ0) is 10.8. The molecule has 2 aromatic rings. The van der Waals surface area contributed by atoms with Gasteiger partial charge in [-0.3, -0.25) is 9.59 Å². The molecule has 0 bridgehead atoms. The van der Waals surface area contributed by atoms with Crippen molar-refractivity contribution in [3.63, 3.8) is 0 Å². The first-order valence-corrected chi connectivity index (χ1v) is 4.56. The van der Waals surface area contributed by atoms with Crippen LogP contribution in [0.4, 0.5) is 0 Å². The van der Waals surface area contributed by atoms with Gasteiger partial charge in [-0.2, -0.15) is 0 Å². The molecule has 0 saturated carbocycles. The Hall–Kier alpha value is -2.10. The minimum Gasteiger partial charge on any atom is -0.355 e. The van der Waals surface area contributed by atoms with Gasteiger partial charge in [-0.05, 0) is 29.7 Å². The molecule has 0 aliphatic carbocycles. The average Bonchev–Trinajstić information content (AvgIpc) is 2.27. The van der Waals surface area contributed by atoms with E-state index >= 15 is 0 Å². The van der Waals surface area contributed by atoms with Crippen LogP contribution in [0.15, 0.2) is 35.1 Å². The minimum absolute atomic E-state index is 0.136. The van der Waals surface area contributed by atoms with E-state index in [9.17, 15) is 9.59 Å². The van der Waals surface area contributed by atoms with E-state index in [4.69, 9.17) is 0 Å². The van der Waals surface area contributed by atoms with E-state index in [-0.39, 0.29) is 11.5 Å². The van der Waals surface area contributed by atoms with Gasteiger partial charge in [0.15, 0.2) is 0 Å². The number of carbonyl (C=O) groups excluding carboxylic acids is 1. The van der Waals surface area contributed by atoms with Gasteiger partial charge in [0.05, 0.1) is 0 Å². The van der Waals surface area contributed by atoms with Crippen LogP contribution in [-0.2, 0) is 0 Å². The van der Waals surface area contributed by atoms with Gasteiger partial charge in [0, 0.05) is 24.2 Å². The Bertz CT molecular complexity index is 572. The maximum atomic E-state index is 11.3. The molecule has 0 fully saturated rings. The number of H-pyrrole nitrogens is 1. The number of aromatic nitrogens is 1. The van der Waals surface area contributed by atoms with E-state index in [1.165, 1.54) is 6.07 Å². The van der Waals surface area contributed by atoms with Gasteiger partial charge >= 0.3 is 0 Å². The van der Waals surface area contributed by atoms with E-state index in [2.05, 4.69) is 10.3 Å². The fourth-order valence-electron chi connectivity index (χ4n) is 1.44. The summed E-state index contributed by atoms with van der Waals surface area (Å²) in [5.74, 6) is -0.136. The van der Waals surface area contributed by atoms with Crippen molar-refractivity contribution in [3.8, 4) is 0 Å². The number of nitrogens with one attached hydrogen (secondary N) is 2. The zero-order valence-corrected chi connectivity index (χ0v) is 8.20. The molecule has 0 radical (unpaired) electrons. The summed E-state index contributed by atoms with van der Waals surface area (Å²) in [5, 5.41) is 3.39. The highest BCUT2D eigenvalue weighted by Crippen LogP contribution is 2.11. The maximum Gasteiger partial charge on any atom is 0.251 e. The highest BCUT2D eigenvalue weighted by atomic mass is 16.1. The molecule has 4 nitrogen and oxygen atoms in total. The molecule has 0 saturated heterocycles. The molecule has 2 N–H and O–H groups in total. The van der Waals surface area contributed by atoms with Gasteiger partial charge < -0.3 is 10.3 Å². The summed E-state index contributed by atoms with van der Waals surface area (Å²) in [5.41, 5.74) is 1.17. The highest BCUT2D eigenvalue weighted by Gasteiger charge is 2.03. The van der Waals surface area contributed by atoms with Crippen LogP contribution < -0.4 is 10.9 Å². The van der Waals surface area contributed by atoms with E-state index in [1.807, 2.05) is 0 Å². The lowest BCUT2D eigenvalue weighted by atomic mass is 10.1. The van der Waals surface area contributed by atoms with Crippen molar-refractivity contribution in [1.29, 1.82) is 0 Å². The molecule has 1 aromatic carbocycles. The monoisotopic (exact) mass is 202 g/mol. The second-order valence-corrected chi connectivity index (χ2v) is 3.20. The van der Waals surface area contributed by atoms with Crippen LogP contribution in [0.1, 0.15) is 10.4 Å². The average molecular weight is 202 g/mol. The lowest BCUT2D eigenvalue weighted by molar-refractivity contribution is 0.0963. The number of carbonyl (C=O) groups is 1. The Balaban J connectivity index is 2.62. The van der Waals surface area contributed by atoms with Gasteiger partial charge in [0.1, 0.15) is 0 Å². The summed E-state index contributed by atoms with van der Waals surface area (Å²) in [4.78, 5) is 25.1. The van der Waals surface area contributed by atoms with Gasteiger partial charge in [0.25, 0.3) is 5.91 Å². The second-order valence-electron chi connectivity index (χ2n) is 3.20. The molecule has 0 unspecified atom stereocenters. The van der Waals surface area contributed by atoms with Gasteiger partial charge in [-0.25, -0.2) is 0 Å². The smallest absolute Gasteiger partial charge is 0.251 e. The van der Waals surface area contributed by atoms with Crippen LogP contribution in [0.25, 0.3) is 10.9 Å². The van der Waals surface area contributed by atoms with Crippen molar-refractivity contribution in [2.45, 2.75) is 0 Å². The van der Waals surface area contributed by atoms with Crippen molar-refractivity contribution in [2.24, 2.45) is 0 Å². The fraction of sp³-hybridized carbons (Fsp3) is 0.0909. The largest absolute Gasteiger partial charge is 0.355 e. The number of amides is 1. The maximum absolute atomic E-state index is 11.3. The fourth-order valence-corrected chi connectivity index (χ4v) is 1.44. The van der Waals surface area contributed by atoms with E-state index in [1.54, 1.807) is 31.3 Å². The third-order valence-electron chi connectivity index (χ3n) is 2.21. The number of fused-ring (bicyclic) bond motifs is 1. The van der Waals surface area contributed by atoms with Crippen LogP contribution >= 0.6 is 0 Å². The standard InChI is InChI=1S/C11H10N2O2/c1-12-11(15)8-2-4-9-7(6-8)3-5-10(14)13-9/h2-6H,1H3,(H,12,15)(H,13,14). The van der Waals surface area contributed by atoms with Crippen LogP contribution in [0, 0.1) is 0 Å². The highest BCUT2D eigenvalue weighted by molar-refractivity contribution is 5.97. The molecule has 0 aliphatic heterocycles. The molecule has 1 aromatic heterocycles. The molecule has 2 rings (SSSR count). The number of hydrogen-bond donors (Lipinski definition) is 2. The lowest BCUT2D eigenvalue weighted by Gasteiger charge is -2.01. The molecule has 0 spiro atoms. The van der Waals surface area contributed by atoms with Crippen LogP contribution in [0.5, 0.6) is 0 Å². The molecule has 0 atom stereocenters. The van der Waals surface area contributed by atoms with Gasteiger partial charge in [-0.1, -0.05) is 0 Å². The number of aromatic amines is 1. The summed E-state index contributed by atoms with van der Waals surface area (Å²) in [6.07, 6.45) is 0. The van der Waals surface area contributed by atoms with E-state index in [0.717, 1.165) is 10.9 Å². The molecular weight excluding hydrogens is 192 g/mol. The van der Waals surface area contributed by atoms with E-state index in [0.29, 0.717) is 5.56 Å². The molecule has 1 amide bonds. The summed E-state index contributed by atoms with van der Waals surface area (Å²) < 4.78 is 0. The lowest BCUT2D eigenvalue weighted by Crippen LogP contribution is -2.17. The minimum atomic E-state index is -0.143. The van der Waals surface area contributed by atoms with Crippen molar-refractivity contribution < 1.29 is 4.79 Å². The first-order chi connectivity index (χ1) is 7.20. The van der Waals surface area contributed by atoms with Crippen LogP contribution in [-0.4, -0.2) is 17.9 Å². The molecule has 15 heavy (non-hydrogen) atoms. The molecular formula is C11H10N2O2.